The number of ether oxygens (including phenoxy) is 2. The van der Waals surface area contributed by atoms with Crippen molar-refractivity contribution < 1.29 is 14.3 Å². The molecule has 0 atom stereocenters. The number of nitrogens with two attached hydrogens (primary N) is 2. The van der Waals surface area contributed by atoms with Gasteiger partial charge in [-0.2, -0.15) is 0 Å². The highest BCUT2D eigenvalue weighted by molar-refractivity contribution is 5.91. The minimum atomic E-state index is -0.226. The summed E-state index contributed by atoms with van der Waals surface area (Å²) < 4.78 is 10.3. The van der Waals surface area contributed by atoms with Crippen molar-refractivity contribution in [3.05, 3.63) is 29.8 Å². The van der Waals surface area contributed by atoms with E-state index in [2.05, 4.69) is 10.3 Å². The number of benzene rings is 1. The highest BCUT2D eigenvalue weighted by Crippen LogP contribution is 2.27. The molecule has 0 aliphatic heterocycles. The first-order valence-corrected chi connectivity index (χ1v) is 6.30. The summed E-state index contributed by atoms with van der Waals surface area (Å²) in [6.45, 7) is 0.714. The predicted octanol–water partition coefficient (Wildman–Crippen LogP) is 0.107. The average molecular weight is 292 g/mol. The summed E-state index contributed by atoms with van der Waals surface area (Å²) in [4.78, 5) is 15.3. The average Bonchev–Trinajstić information content (AvgIpc) is 2.48. The smallest absolute Gasteiger partial charge is 0.244 e. The van der Waals surface area contributed by atoms with Crippen molar-refractivity contribution in [1.29, 1.82) is 0 Å². The second-order valence-corrected chi connectivity index (χ2v) is 4.05. The van der Waals surface area contributed by atoms with E-state index in [1.165, 1.54) is 6.08 Å². The summed E-state index contributed by atoms with van der Waals surface area (Å²) in [6.07, 6.45) is 3.11. The van der Waals surface area contributed by atoms with Gasteiger partial charge in [-0.25, -0.2) is 0 Å². The van der Waals surface area contributed by atoms with Crippen molar-refractivity contribution in [2.75, 3.05) is 27.3 Å². The summed E-state index contributed by atoms with van der Waals surface area (Å²) in [6, 6.07) is 5.38. The maximum Gasteiger partial charge on any atom is 0.244 e. The molecule has 0 aliphatic carbocycles. The Hall–Kier alpha value is -2.70. The molecule has 0 spiro atoms. The Bertz CT molecular complexity index is 537. The van der Waals surface area contributed by atoms with Crippen molar-refractivity contribution in [2.45, 2.75) is 0 Å². The molecule has 0 radical (unpaired) electrons. The van der Waals surface area contributed by atoms with Crippen molar-refractivity contribution in [1.82, 2.24) is 5.32 Å². The van der Waals surface area contributed by atoms with Crippen LogP contribution < -0.4 is 26.3 Å². The molecule has 0 fully saturated rings. The van der Waals surface area contributed by atoms with Crippen molar-refractivity contribution in [2.24, 2.45) is 16.5 Å². The zero-order valence-corrected chi connectivity index (χ0v) is 12.1. The van der Waals surface area contributed by atoms with Gasteiger partial charge in [0.2, 0.25) is 5.91 Å². The van der Waals surface area contributed by atoms with Crippen molar-refractivity contribution >= 4 is 17.9 Å². The summed E-state index contributed by atoms with van der Waals surface area (Å²) in [7, 11) is 3.12. The van der Waals surface area contributed by atoms with E-state index < -0.39 is 0 Å². The van der Waals surface area contributed by atoms with Gasteiger partial charge in [-0.15, -0.1) is 0 Å². The van der Waals surface area contributed by atoms with Crippen LogP contribution in [0.3, 0.4) is 0 Å². The van der Waals surface area contributed by atoms with E-state index in [0.29, 0.717) is 24.6 Å². The van der Waals surface area contributed by atoms with Crippen LogP contribution in [-0.4, -0.2) is 39.2 Å². The SMILES string of the molecule is COc1ccc(/C=C/C(=O)NCCN=C(N)N)cc1OC. The molecule has 0 heterocycles. The standard InChI is InChI=1S/C14H20N4O3/c1-20-11-5-3-10(9-12(11)21-2)4-6-13(19)17-7-8-18-14(15)16/h3-6,9H,7-8H2,1-2H3,(H,17,19)(H4,15,16,18)/b6-4+. The molecule has 1 rings (SSSR count). The van der Waals surface area contributed by atoms with Gasteiger partial charge in [0, 0.05) is 12.6 Å². The number of methoxy groups -OCH3 is 2. The van der Waals surface area contributed by atoms with E-state index in [9.17, 15) is 4.79 Å². The zero-order chi connectivity index (χ0) is 15.7. The summed E-state index contributed by atoms with van der Waals surface area (Å²) in [5, 5.41) is 2.66. The monoisotopic (exact) mass is 292 g/mol. The van der Waals surface area contributed by atoms with Gasteiger partial charge in [0.25, 0.3) is 0 Å². The second-order valence-electron chi connectivity index (χ2n) is 4.05. The number of amides is 1. The first kappa shape index (κ1) is 16.4. The van der Waals surface area contributed by atoms with Gasteiger partial charge in [-0.1, -0.05) is 6.07 Å². The molecule has 1 aromatic rings. The quantitative estimate of drug-likeness (QED) is 0.286. The normalized spacial score (nSPS) is 10.2. The maximum absolute atomic E-state index is 11.6. The number of aliphatic imine (C=N–C) groups is 1. The molecule has 0 unspecified atom stereocenters. The molecule has 0 aromatic heterocycles. The number of nitrogens with one attached hydrogen (secondary N) is 1. The summed E-state index contributed by atoms with van der Waals surface area (Å²) >= 11 is 0. The lowest BCUT2D eigenvalue weighted by Crippen LogP contribution is -2.27. The second kappa shape index (κ2) is 8.47. The van der Waals surface area contributed by atoms with E-state index in [0.717, 1.165) is 5.56 Å². The number of nitrogens with zero attached hydrogens (tertiary/aromatic N) is 1. The molecule has 0 bridgehead atoms. The number of hydrogen-bond acceptors (Lipinski definition) is 4. The molecule has 1 aromatic carbocycles. The van der Waals surface area contributed by atoms with Crippen LogP contribution in [0.25, 0.3) is 6.08 Å². The predicted molar refractivity (Wildman–Crippen MR) is 82.3 cm³/mol. The number of guanidine groups is 1. The number of hydrogen-bond donors (Lipinski definition) is 3. The Morgan fingerprint density at radius 2 is 2.00 bits per heavy atom. The number of carbonyl (C=O) groups is 1. The van der Waals surface area contributed by atoms with Crippen LogP contribution >= 0.6 is 0 Å². The Kier molecular flexibility index (Phi) is 6.59. The van der Waals surface area contributed by atoms with Crippen LogP contribution in [0.5, 0.6) is 11.5 Å². The van der Waals surface area contributed by atoms with Crippen LogP contribution in [0, 0.1) is 0 Å². The molecule has 0 aliphatic rings. The molecule has 114 valence electrons. The van der Waals surface area contributed by atoms with Gasteiger partial charge < -0.3 is 26.3 Å². The lowest BCUT2D eigenvalue weighted by Gasteiger charge is -2.07. The molecule has 0 saturated heterocycles. The van der Waals surface area contributed by atoms with Crippen LogP contribution in [0.1, 0.15) is 5.56 Å². The fourth-order valence-electron chi connectivity index (χ4n) is 1.55. The largest absolute Gasteiger partial charge is 0.493 e. The Labute approximate surface area is 123 Å². The van der Waals surface area contributed by atoms with E-state index in [1.807, 2.05) is 6.07 Å². The van der Waals surface area contributed by atoms with Crippen molar-refractivity contribution in [3.63, 3.8) is 0 Å². The summed E-state index contributed by atoms with van der Waals surface area (Å²) in [5.74, 6) is 1.02. The van der Waals surface area contributed by atoms with Gasteiger partial charge in [0.05, 0.1) is 20.8 Å². The minimum absolute atomic E-state index is 0.00474. The molecule has 7 heteroatoms. The molecule has 1 amide bonds. The van der Waals surface area contributed by atoms with E-state index >= 15 is 0 Å². The van der Waals surface area contributed by atoms with Gasteiger partial charge in [0.15, 0.2) is 17.5 Å². The highest BCUT2D eigenvalue weighted by Gasteiger charge is 2.03. The van der Waals surface area contributed by atoms with Gasteiger partial charge >= 0.3 is 0 Å². The fourth-order valence-corrected chi connectivity index (χ4v) is 1.55. The fraction of sp³-hybridized carbons (Fsp3) is 0.286. The Morgan fingerprint density at radius 1 is 1.29 bits per heavy atom. The zero-order valence-electron chi connectivity index (χ0n) is 12.1. The maximum atomic E-state index is 11.6. The summed E-state index contributed by atoms with van der Waals surface area (Å²) in [5.41, 5.74) is 11.2. The van der Waals surface area contributed by atoms with Crippen molar-refractivity contribution in [3.8, 4) is 11.5 Å². The highest BCUT2D eigenvalue weighted by atomic mass is 16.5. The number of carbonyl (C=O) groups excluding carboxylic acids is 1. The topological polar surface area (TPSA) is 112 Å². The van der Waals surface area contributed by atoms with E-state index in [4.69, 9.17) is 20.9 Å². The molecule has 5 N–H and O–H groups in total. The molecule has 0 saturated carbocycles. The minimum Gasteiger partial charge on any atom is -0.493 e. The third kappa shape index (κ3) is 5.85. The van der Waals surface area contributed by atoms with Gasteiger partial charge in [0.1, 0.15) is 0 Å². The Morgan fingerprint density at radius 3 is 2.62 bits per heavy atom. The first-order valence-electron chi connectivity index (χ1n) is 6.30. The Balaban J connectivity index is 2.56. The van der Waals surface area contributed by atoms with Crippen LogP contribution in [0.4, 0.5) is 0 Å². The van der Waals surface area contributed by atoms with Gasteiger partial charge in [-0.05, 0) is 23.8 Å². The molecular weight excluding hydrogens is 272 g/mol. The third-order valence-electron chi connectivity index (χ3n) is 2.54. The molecular formula is C14H20N4O3. The van der Waals surface area contributed by atoms with E-state index in [-0.39, 0.29) is 11.9 Å². The van der Waals surface area contributed by atoms with E-state index in [1.54, 1.807) is 32.4 Å². The first-order chi connectivity index (χ1) is 10.1. The third-order valence-corrected chi connectivity index (χ3v) is 2.54. The van der Waals surface area contributed by atoms with Crippen LogP contribution in [-0.2, 0) is 4.79 Å². The van der Waals surface area contributed by atoms with Crippen LogP contribution in [0.2, 0.25) is 0 Å². The van der Waals surface area contributed by atoms with Crippen LogP contribution in [0.15, 0.2) is 29.3 Å². The lowest BCUT2D eigenvalue weighted by atomic mass is 10.2. The van der Waals surface area contributed by atoms with Gasteiger partial charge in [-0.3, -0.25) is 9.79 Å². The number of rotatable bonds is 7. The molecule has 7 nitrogen and oxygen atoms in total. The lowest BCUT2D eigenvalue weighted by molar-refractivity contribution is -0.116. The molecule has 21 heavy (non-hydrogen) atoms.